The van der Waals surface area contributed by atoms with Gasteiger partial charge in [0.05, 0.1) is 22.9 Å². The first kappa shape index (κ1) is 35.3. The molecule has 0 aliphatic heterocycles. The van der Waals surface area contributed by atoms with E-state index in [1.165, 1.54) is 73.4 Å². The summed E-state index contributed by atoms with van der Waals surface area (Å²) in [5.74, 6) is 0. The van der Waals surface area contributed by atoms with Crippen LogP contribution in [0.2, 0.25) is 0 Å². The van der Waals surface area contributed by atoms with E-state index in [9.17, 15) is 0 Å². The highest BCUT2D eigenvalue weighted by Gasteiger charge is 2.19. The van der Waals surface area contributed by atoms with Crippen molar-refractivity contribution in [1.29, 1.82) is 0 Å². The third kappa shape index (κ3) is 5.61. The van der Waals surface area contributed by atoms with Gasteiger partial charge in [-0.3, -0.25) is 4.98 Å². The molecule has 0 saturated heterocycles. The molecule has 4 heteroatoms. The second kappa shape index (κ2) is 14.0. The van der Waals surface area contributed by atoms with Gasteiger partial charge < -0.3 is 0 Å². The molecular formula is C58H34N2S2. The summed E-state index contributed by atoms with van der Waals surface area (Å²) in [4.78, 5) is 11.0. The molecular weight excluding hydrogens is 789 g/mol. The number of aromatic nitrogens is 2. The summed E-state index contributed by atoms with van der Waals surface area (Å²) in [5, 5.41) is 9.70. The maximum absolute atomic E-state index is 5.67. The van der Waals surface area contributed by atoms with Crippen LogP contribution in [0.4, 0.5) is 0 Å². The van der Waals surface area contributed by atoms with Crippen molar-refractivity contribution in [3.8, 4) is 55.8 Å². The molecule has 0 aliphatic rings. The Kier molecular flexibility index (Phi) is 7.99. The van der Waals surface area contributed by atoms with Crippen molar-refractivity contribution >= 4 is 95.6 Å². The first-order valence-electron chi connectivity index (χ1n) is 21.0. The van der Waals surface area contributed by atoms with E-state index in [4.69, 9.17) is 9.97 Å². The Labute approximate surface area is 365 Å². The minimum atomic E-state index is 0.845. The van der Waals surface area contributed by atoms with E-state index in [1.54, 1.807) is 0 Å². The van der Waals surface area contributed by atoms with Gasteiger partial charge in [0.15, 0.2) is 0 Å². The van der Waals surface area contributed by atoms with E-state index < -0.39 is 0 Å². The van der Waals surface area contributed by atoms with E-state index in [2.05, 4.69) is 200 Å². The van der Waals surface area contributed by atoms with Crippen LogP contribution in [-0.2, 0) is 0 Å². The minimum absolute atomic E-state index is 0.845. The van der Waals surface area contributed by atoms with Crippen molar-refractivity contribution in [2.24, 2.45) is 0 Å². The molecule has 13 rings (SSSR count). The lowest BCUT2D eigenvalue weighted by molar-refractivity contribution is 1.31. The standard InChI is InChI=1S/C58H34N2S2/c1-3-13-35(14-4-1)37-25-27-44-45-28-26-38(36-15-5-2-6-16-36)33-51(45)56-55(50(44)32-37)59-34-52(60-56)41-30-39(42-19-11-21-48-46-17-7-9-23-53(46)61-57(42)48)29-40(31-41)43-20-12-22-49-47-18-8-10-24-54(47)62-58(43)49/h1-34H. The van der Waals surface area contributed by atoms with Gasteiger partial charge in [-0.05, 0) is 97.7 Å². The second-order valence-corrected chi connectivity index (χ2v) is 18.2. The highest BCUT2D eigenvalue weighted by atomic mass is 32.1. The Morgan fingerprint density at radius 1 is 0.290 bits per heavy atom. The van der Waals surface area contributed by atoms with Gasteiger partial charge in [0.2, 0.25) is 0 Å². The lowest BCUT2D eigenvalue weighted by Gasteiger charge is -2.15. The molecule has 0 radical (unpaired) electrons. The molecule has 0 N–H and O–H groups in total. The van der Waals surface area contributed by atoms with Crippen LogP contribution in [0.25, 0.3) is 129 Å². The van der Waals surface area contributed by atoms with Crippen molar-refractivity contribution in [2.45, 2.75) is 0 Å². The van der Waals surface area contributed by atoms with Crippen molar-refractivity contribution in [3.63, 3.8) is 0 Å². The summed E-state index contributed by atoms with van der Waals surface area (Å²) < 4.78 is 5.18. The zero-order chi connectivity index (χ0) is 40.7. The molecule has 0 spiro atoms. The Morgan fingerprint density at radius 2 is 0.758 bits per heavy atom. The molecule has 3 aromatic heterocycles. The minimum Gasteiger partial charge on any atom is -0.252 e. The average Bonchev–Trinajstić information content (AvgIpc) is 3.93. The average molecular weight is 823 g/mol. The van der Waals surface area contributed by atoms with Gasteiger partial charge >= 0.3 is 0 Å². The molecule has 0 fully saturated rings. The smallest absolute Gasteiger partial charge is 0.0979 e. The second-order valence-electron chi connectivity index (χ2n) is 16.1. The van der Waals surface area contributed by atoms with Gasteiger partial charge in [-0.25, -0.2) is 4.98 Å². The maximum Gasteiger partial charge on any atom is 0.0979 e. The number of thiophene rings is 2. The molecule has 0 unspecified atom stereocenters. The Bertz CT molecular complexity index is 3790. The molecule has 0 bridgehead atoms. The van der Waals surface area contributed by atoms with Crippen LogP contribution in [0, 0.1) is 0 Å². The highest BCUT2D eigenvalue weighted by Crippen LogP contribution is 2.45. The van der Waals surface area contributed by atoms with Crippen LogP contribution in [0.15, 0.2) is 206 Å². The van der Waals surface area contributed by atoms with Crippen LogP contribution in [0.3, 0.4) is 0 Å². The first-order valence-corrected chi connectivity index (χ1v) is 22.6. The number of rotatable bonds is 5. The zero-order valence-electron chi connectivity index (χ0n) is 33.3. The number of fused-ring (bicyclic) bond motifs is 12. The van der Waals surface area contributed by atoms with Gasteiger partial charge in [-0.15, -0.1) is 22.7 Å². The van der Waals surface area contributed by atoms with Crippen LogP contribution in [0.5, 0.6) is 0 Å². The summed E-state index contributed by atoms with van der Waals surface area (Å²) in [6.07, 6.45) is 1.99. The van der Waals surface area contributed by atoms with Crippen LogP contribution >= 0.6 is 22.7 Å². The number of nitrogens with zero attached hydrogens (tertiary/aromatic N) is 2. The summed E-state index contributed by atoms with van der Waals surface area (Å²) in [6.45, 7) is 0. The molecule has 0 aliphatic carbocycles. The van der Waals surface area contributed by atoms with Crippen molar-refractivity contribution in [2.75, 3.05) is 0 Å². The van der Waals surface area contributed by atoms with Crippen LogP contribution in [0.1, 0.15) is 0 Å². The lowest BCUT2D eigenvalue weighted by Crippen LogP contribution is -1.94. The molecule has 62 heavy (non-hydrogen) atoms. The van der Waals surface area contributed by atoms with Crippen LogP contribution in [-0.4, -0.2) is 9.97 Å². The quantitative estimate of drug-likeness (QED) is 0.162. The fourth-order valence-electron chi connectivity index (χ4n) is 9.52. The van der Waals surface area contributed by atoms with Crippen LogP contribution < -0.4 is 0 Å². The molecule has 13 aromatic rings. The predicted octanol–water partition coefficient (Wildman–Crippen LogP) is 17.0. The van der Waals surface area contributed by atoms with E-state index in [0.717, 1.165) is 55.3 Å². The van der Waals surface area contributed by atoms with E-state index in [0.29, 0.717) is 0 Å². The van der Waals surface area contributed by atoms with Gasteiger partial charge in [0.1, 0.15) is 0 Å². The number of hydrogen-bond donors (Lipinski definition) is 0. The van der Waals surface area contributed by atoms with E-state index >= 15 is 0 Å². The normalized spacial score (nSPS) is 11.9. The van der Waals surface area contributed by atoms with Crippen molar-refractivity contribution < 1.29 is 0 Å². The number of benzene rings is 10. The molecule has 0 amide bonds. The third-order valence-corrected chi connectivity index (χ3v) is 14.9. The van der Waals surface area contributed by atoms with Crippen molar-refractivity contribution in [1.82, 2.24) is 9.97 Å². The predicted molar refractivity (Wildman–Crippen MR) is 268 cm³/mol. The largest absolute Gasteiger partial charge is 0.252 e. The molecule has 2 nitrogen and oxygen atoms in total. The van der Waals surface area contributed by atoms with E-state index in [1.807, 2.05) is 28.9 Å². The Morgan fingerprint density at radius 3 is 1.31 bits per heavy atom. The van der Waals surface area contributed by atoms with Gasteiger partial charge in [-0.2, -0.15) is 0 Å². The molecule has 0 saturated carbocycles. The topological polar surface area (TPSA) is 25.8 Å². The SMILES string of the molecule is c1ccc(-c2ccc3c4ccc(-c5ccccc5)cc4c4nc(-c5cc(-c6cccc7c6sc6ccccc67)cc(-c6cccc7c6sc6ccccc67)c5)cnc4c3c2)cc1. The highest BCUT2D eigenvalue weighted by molar-refractivity contribution is 7.26. The zero-order valence-corrected chi connectivity index (χ0v) is 35.0. The van der Waals surface area contributed by atoms with Gasteiger partial charge in [-0.1, -0.05) is 158 Å². The summed E-state index contributed by atoms with van der Waals surface area (Å²) in [5.41, 5.74) is 13.1. The Balaban J connectivity index is 1.09. The first-order chi connectivity index (χ1) is 30.7. The van der Waals surface area contributed by atoms with Crippen molar-refractivity contribution in [3.05, 3.63) is 206 Å². The molecule has 10 aromatic carbocycles. The summed E-state index contributed by atoms with van der Waals surface area (Å²) >= 11 is 3.74. The third-order valence-electron chi connectivity index (χ3n) is 12.5. The van der Waals surface area contributed by atoms with Gasteiger partial charge in [0.25, 0.3) is 0 Å². The van der Waals surface area contributed by atoms with Gasteiger partial charge in [0, 0.05) is 56.7 Å². The lowest BCUT2D eigenvalue weighted by atomic mass is 9.92. The number of hydrogen-bond acceptors (Lipinski definition) is 4. The monoisotopic (exact) mass is 822 g/mol. The maximum atomic E-state index is 5.67. The molecule has 0 atom stereocenters. The fourth-order valence-corrected chi connectivity index (χ4v) is 12.0. The Hall–Kier alpha value is -7.50. The summed E-state index contributed by atoms with van der Waals surface area (Å²) in [7, 11) is 0. The summed E-state index contributed by atoms with van der Waals surface area (Å²) in [6, 6.07) is 72.9. The molecule has 288 valence electrons. The van der Waals surface area contributed by atoms with E-state index in [-0.39, 0.29) is 0 Å². The molecule has 3 heterocycles. The fraction of sp³-hybridized carbons (Fsp3) is 0.